The number of aromatic nitrogens is 4. The Bertz CT molecular complexity index is 1910. The van der Waals surface area contributed by atoms with Crippen LogP contribution in [0.15, 0.2) is 24.3 Å². The summed E-state index contributed by atoms with van der Waals surface area (Å²) in [5.41, 5.74) is 16.4. The van der Waals surface area contributed by atoms with Crippen LogP contribution in [-0.4, -0.2) is 17.5 Å². The van der Waals surface area contributed by atoms with Crippen LogP contribution in [-0.2, 0) is 10.8 Å². The fraction of sp³-hybridized carbons (Fsp3) is 0.625. The van der Waals surface area contributed by atoms with Crippen molar-refractivity contribution in [3.8, 4) is 22.3 Å². The van der Waals surface area contributed by atoms with E-state index in [0.717, 1.165) is 22.1 Å². The van der Waals surface area contributed by atoms with Gasteiger partial charge in [0.2, 0.25) is 0 Å². The molecule has 2 aliphatic carbocycles. The molecule has 0 saturated carbocycles. The average Bonchev–Trinajstić information content (AvgIpc) is 3.99. The SMILES string of the molecule is CCCCCCCC1(CCCCCCC)c2cc3c(cc2-c2c1cc(I)c1nsnc21)C(CCCCCCC)(CCCCCCC)c1cc(I)c2nsnc2c1-3. The van der Waals surface area contributed by atoms with Gasteiger partial charge in [0, 0.05) is 29.1 Å². The van der Waals surface area contributed by atoms with Crippen LogP contribution < -0.4 is 0 Å². The lowest BCUT2D eigenvalue weighted by atomic mass is 9.68. The highest BCUT2D eigenvalue weighted by Gasteiger charge is 2.49. The highest BCUT2D eigenvalue weighted by molar-refractivity contribution is 14.1. The average molecular weight is 1020 g/mol. The number of benzene rings is 3. The van der Waals surface area contributed by atoms with Crippen molar-refractivity contribution in [2.75, 3.05) is 0 Å². The van der Waals surface area contributed by atoms with E-state index in [-0.39, 0.29) is 10.8 Å². The van der Waals surface area contributed by atoms with Gasteiger partial charge in [0.15, 0.2) is 0 Å². The van der Waals surface area contributed by atoms with Crippen LogP contribution in [0, 0.1) is 7.14 Å². The molecule has 0 aliphatic heterocycles. The molecule has 4 nitrogen and oxygen atoms in total. The number of halogens is 2. The summed E-state index contributed by atoms with van der Waals surface area (Å²) in [5.74, 6) is 0. The van der Waals surface area contributed by atoms with Crippen LogP contribution in [0.3, 0.4) is 0 Å². The van der Waals surface area contributed by atoms with Gasteiger partial charge >= 0.3 is 0 Å². The van der Waals surface area contributed by atoms with E-state index in [1.54, 1.807) is 22.3 Å². The molecule has 0 radical (unpaired) electrons. The van der Waals surface area contributed by atoms with Crippen LogP contribution in [0.25, 0.3) is 44.3 Å². The number of hydrogen-bond donors (Lipinski definition) is 0. The fourth-order valence-electron chi connectivity index (χ4n) is 10.7. The molecule has 0 N–H and O–H groups in total. The Morgan fingerprint density at radius 1 is 0.393 bits per heavy atom. The van der Waals surface area contributed by atoms with E-state index in [1.807, 2.05) is 0 Å². The second-order valence-corrected chi connectivity index (χ2v) is 20.6. The molecule has 5 aromatic rings. The summed E-state index contributed by atoms with van der Waals surface area (Å²) in [6.07, 6.45) is 30.9. The van der Waals surface area contributed by atoms with Gasteiger partial charge in [-0.3, -0.25) is 0 Å². The van der Waals surface area contributed by atoms with Gasteiger partial charge in [0.1, 0.15) is 22.1 Å². The van der Waals surface area contributed by atoms with Gasteiger partial charge in [-0.15, -0.1) is 0 Å². The third-order valence-electron chi connectivity index (χ3n) is 13.6. The Hall–Kier alpha value is -1.24. The zero-order valence-corrected chi connectivity index (χ0v) is 40.6. The van der Waals surface area contributed by atoms with E-state index in [1.165, 1.54) is 207 Å². The van der Waals surface area contributed by atoms with E-state index in [0.29, 0.717) is 0 Å². The molecule has 3 aromatic carbocycles. The minimum Gasteiger partial charge on any atom is -0.172 e. The third-order valence-corrected chi connectivity index (χ3v) is 16.3. The van der Waals surface area contributed by atoms with Gasteiger partial charge in [-0.1, -0.05) is 156 Å². The predicted octanol–water partition coefficient (Wildman–Crippen LogP) is 16.9. The zero-order valence-electron chi connectivity index (χ0n) is 34.6. The van der Waals surface area contributed by atoms with Gasteiger partial charge in [0.05, 0.1) is 23.5 Å². The minimum atomic E-state index is -0.0236. The molecule has 0 bridgehead atoms. The highest BCUT2D eigenvalue weighted by atomic mass is 127. The van der Waals surface area contributed by atoms with E-state index in [2.05, 4.69) is 97.1 Å². The lowest BCUT2D eigenvalue weighted by Crippen LogP contribution is -2.27. The summed E-state index contributed by atoms with van der Waals surface area (Å²) in [6.45, 7) is 9.34. The van der Waals surface area contributed by atoms with Crippen LogP contribution >= 0.6 is 68.6 Å². The van der Waals surface area contributed by atoms with Crippen LogP contribution in [0.4, 0.5) is 0 Å². The van der Waals surface area contributed by atoms with Crippen LogP contribution in [0.2, 0.25) is 0 Å². The van der Waals surface area contributed by atoms with Crippen molar-refractivity contribution in [3.05, 3.63) is 53.7 Å². The molecule has 0 amide bonds. The Morgan fingerprint density at radius 2 is 0.696 bits per heavy atom. The van der Waals surface area contributed by atoms with E-state index in [4.69, 9.17) is 17.5 Å². The summed E-state index contributed by atoms with van der Waals surface area (Å²) >= 11 is 7.92. The van der Waals surface area contributed by atoms with Crippen molar-refractivity contribution in [1.82, 2.24) is 17.5 Å². The summed E-state index contributed by atoms with van der Waals surface area (Å²) < 4.78 is 22.6. The third kappa shape index (κ3) is 8.27. The Morgan fingerprint density at radius 3 is 1.02 bits per heavy atom. The first-order chi connectivity index (χ1) is 27.5. The lowest BCUT2D eigenvalue weighted by Gasteiger charge is -2.35. The largest absolute Gasteiger partial charge is 0.172 e. The molecule has 0 unspecified atom stereocenters. The van der Waals surface area contributed by atoms with Gasteiger partial charge in [0.25, 0.3) is 0 Å². The minimum absolute atomic E-state index is 0.0236. The highest BCUT2D eigenvalue weighted by Crippen LogP contribution is 2.63. The standard InChI is InChI=1S/C48H64I2N4S2/c1-5-9-13-17-21-25-47(26-22-18-14-10-6-2)35-29-34-36(30-33(35)41-37(47)31-39(49)43-45(41)53-55-51-43)48(27-23-19-15-11-7-3,28-24-20-16-12-8-4)38-32-40(50)44-46(42(34)38)54-56-52-44/h29-32H,5-28H2,1-4H3. The molecule has 2 aromatic heterocycles. The van der Waals surface area contributed by atoms with E-state index < -0.39 is 0 Å². The monoisotopic (exact) mass is 1010 g/mol. The van der Waals surface area contributed by atoms with Gasteiger partial charge in [-0.05, 0) is 129 Å². The molecule has 2 aliphatic rings. The van der Waals surface area contributed by atoms with Crippen molar-refractivity contribution >= 4 is 90.7 Å². The summed E-state index contributed by atoms with van der Waals surface area (Å²) in [7, 11) is 0. The quantitative estimate of drug-likeness (QED) is 0.0457. The molecule has 0 fully saturated rings. The Balaban J connectivity index is 1.46. The number of hydrogen-bond acceptors (Lipinski definition) is 6. The Kier molecular flexibility index (Phi) is 15.2. The fourth-order valence-corrected chi connectivity index (χ4v) is 13.5. The first-order valence-corrected chi connectivity index (χ1v) is 26.2. The van der Waals surface area contributed by atoms with Gasteiger partial charge < -0.3 is 0 Å². The number of unbranched alkanes of at least 4 members (excludes halogenated alkanes) is 16. The van der Waals surface area contributed by atoms with Crippen molar-refractivity contribution in [3.63, 3.8) is 0 Å². The zero-order chi connectivity index (χ0) is 39.1. The van der Waals surface area contributed by atoms with Crippen molar-refractivity contribution < 1.29 is 0 Å². The van der Waals surface area contributed by atoms with E-state index >= 15 is 0 Å². The number of rotatable bonds is 24. The lowest BCUT2D eigenvalue weighted by molar-refractivity contribution is 0.395. The van der Waals surface area contributed by atoms with Crippen LogP contribution in [0.1, 0.15) is 204 Å². The number of fused-ring (bicyclic) bond motifs is 10. The molecule has 302 valence electrons. The smallest absolute Gasteiger partial charge is 0.118 e. The molecule has 0 spiro atoms. The molecular weight excluding hydrogens is 950 g/mol. The first kappa shape index (κ1) is 42.9. The molecule has 7 rings (SSSR count). The topological polar surface area (TPSA) is 51.6 Å². The van der Waals surface area contributed by atoms with Gasteiger partial charge in [-0.25, -0.2) is 0 Å². The van der Waals surface area contributed by atoms with Crippen molar-refractivity contribution in [2.45, 2.75) is 193 Å². The van der Waals surface area contributed by atoms with Crippen molar-refractivity contribution in [1.29, 1.82) is 0 Å². The maximum Gasteiger partial charge on any atom is 0.118 e. The summed E-state index contributed by atoms with van der Waals surface area (Å²) in [5, 5.41) is 0. The normalized spacial score (nSPS) is 14.8. The predicted molar refractivity (Wildman–Crippen MR) is 260 cm³/mol. The summed E-state index contributed by atoms with van der Waals surface area (Å²) in [6, 6.07) is 10.6. The second kappa shape index (κ2) is 19.9. The van der Waals surface area contributed by atoms with Gasteiger partial charge in [-0.2, -0.15) is 17.5 Å². The second-order valence-electron chi connectivity index (χ2n) is 17.2. The number of nitrogens with zero attached hydrogens (tertiary/aromatic N) is 4. The molecular formula is C48H64I2N4S2. The molecule has 0 saturated heterocycles. The maximum absolute atomic E-state index is 5.14. The van der Waals surface area contributed by atoms with E-state index in [9.17, 15) is 0 Å². The Labute approximate surface area is 373 Å². The molecule has 2 heterocycles. The first-order valence-electron chi connectivity index (χ1n) is 22.6. The van der Waals surface area contributed by atoms with Crippen molar-refractivity contribution in [2.24, 2.45) is 0 Å². The molecule has 8 heteroatoms. The van der Waals surface area contributed by atoms with Crippen LogP contribution in [0.5, 0.6) is 0 Å². The molecule has 56 heavy (non-hydrogen) atoms. The molecule has 0 atom stereocenters. The summed E-state index contributed by atoms with van der Waals surface area (Å²) in [4.78, 5) is 0. The maximum atomic E-state index is 5.14.